The van der Waals surface area contributed by atoms with Gasteiger partial charge in [0.1, 0.15) is 0 Å². The highest BCUT2D eigenvalue weighted by molar-refractivity contribution is 5.95. The SMILES string of the molecule is CNC(=O)c1cccc(-c2ccc(CO)cc2)c1. The van der Waals surface area contributed by atoms with E-state index in [4.69, 9.17) is 5.11 Å². The van der Waals surface area contributed by atoms with Crippen molar-refractivity contribution in [1.82, 2.24) is 5.32 Å². The molecule has 0 heterocycles. The number of amides is 1. The number of benzene rings is 2. The highest BCUT2D eigenvalue weighted by Gasteiger charge is 2.04. The summed E-state index contributed by atoms with van der Waals surface area (Å²) in [6, 6.07) is 15.1. The molecule has 18 heavy (non-hydrogen) atoms. The standard InChI is InChI=1S/C15H15NO2/c1-16-15(18)14-4-2-3-13(9-14)12-7-5-11(10-17)6-8-12/h2-9,17H,10H2,1H3,(H,16,18). The molecular formula is C15H15NO2. The fourth-order valence-electron chi connectivity index (χ4n) is 1.79. The van der Waals surface area contributed by atoms with Gasteiger partial charge in [-0.15, -0.1) is 0 Å². The van der Waals surface area contributed by atoms with Crippen LogP contribution in [0.15, 0.2) is 48.5 Å². The molecule has 0 aliphatic rings. The molecule has 0 aliphatic heterocycles. The smallest absolute Gasteiger partial charge is 0.251 e. The van der Waals surface area contributed by atoms with Gasteiger partial charge in [0.2, 0.25) is 0 Å². The summed E-state index contributed by atoms with van der Waals surface area (Å²) in [7, 11) is 1.62. The number of hydrogen-bond acceptors (Lipinski definition) is 2. The van der Waals surface area contributed by atoms with Gasteiger partial charge in [0.15, 0.2) is 0 Å². The van der Waals surface area contributed by atoms with Gasteiger partial charge in [0, 0.05) is 12.6 Å². The Morgan fingerprint density at radius 3 is 2.44 bits per heavy atom. The van der Waals surface area contributed by atoms with Crippen molar-refractivity contribution in [3.05, 3.63) is 59.7 Å². The monoisotopic (exact) mass is 241 g/mol. The van der Waals surface area contributed by atoms with E-state index in [9.17, 15) is 4.79 Å². The number of rotatable bonds is 3. The Morgan fingerprint density at radius 2 is 1.83 bits per heavy atom. The molecule has 0 unspecified atom stereocenters. The third-order valence-electron chi connectivity index (χ3n) is 2.82. The molecule has 0 saturated heterocycles. The molecule has 0 aromatic heterocycles. The van der Waals surface area contributed by atoms with Crippen LogP contribution in [0.1, 0.15) is 15.9 Å². The van der Waals surface area contributed by atoms with E-state index in [0.717, 1.165) is 16.7 Å². The lowest BCUT2D eigenvalue weighted by Gasteiger charge is -2.05. The summed E-state index contributed by atoms with van der Waals surface area (Å²) in [6.07, 6.45) is 0. The second-order valence-electron chi connectivity index (χ2n) is 4.01. The summed E-state index contributed by atoms with van der Waals surface area (Å²) >= 11 is 0. The molecule has 0 saturated carbocycles. The lowest BCUT2D eigenvalue weighted by molar-refractivity contribution is 0.0963. The van der Waals surface area contributed by atoms with Gasteiger partial charge in [0.05, 0.1) is 6.61 Å². The normalized spacial score (nSPS) is 10.1. The van der Waals surface area contributed by atoms with Crippen molar-refractivity contribution in [2.24, 2.45) is 0 Å². The first kappa shape index (κ1) is 12.3. The number of aliphatic hydroxyl groups is 1. The Balaban J connectivity index is 2.35. The van der Waals surface area contributed by atoms with Gasteiger partial charge in [-0.2, -0.15) is 0 Å². The van der Waals surface area contributed by atoms with E-state index in [1.165, 1.54) is 0 Å². The zero-order chi connectivity index (χ0) is 13.0. The molecule has 1 amide bonds. The second kappa shape index (κ2) is 5.47. The minimum Gasteiger partial charge on any atom is -0.392 e. The van der Waals surface area contributed by atoms with Crippen molar-refractivity contribution in [1.29, 1.82) is 0 Å². The Labute approximate surface area is 106 Å². The Bertz CT molecular complexity index is 547. The van der Waals surface area contributed by atoms with Crippen molar-refractivity contribution < 1.29 is 9.90 Å². The third-order valence-corrected chi connectivity index (χ3v) is 2.82. The Hall–Kier alpha value is -2.13. The van der Waals surface area contributed by atoms with Gasteiger partial charge >= 0.3 is 0 Å². The molecule has 3 nitrogen and oxygen atoms in total. The highest BCUT2D eigenvalue weighted by atomic mass is 16.3. The van der Waals surface area contributed by atoms with Crippen LogP contribution in [0.25, 0.3) is 11.1 Å². The number of aliphatic hydroxyl groups excluding tert-OH is 1. The van der Waals surface area contributed by atoms with Crippen molar-refractivity contribution in [3.8, 4) is 11.1 Å². The summed E-state index contributed by atoms with van der Waals surface area (Å²) < 4.78 is 0. The van der Waals surface area contributed by atoms with Crippen LogP contribution in [0, 0.1) is 0 Å². The van der Waals surface area contributed by atoms with Gasteiger partial charge < -0.3 is 10.4 Å². The molecule has 0 fully saturated rings. The van der Waals surface area contributed by atoms with E-state index in [2.05, 4.69) is 5.32 Å². The van der Waals surface area contributed by atoms with Crippen LogP contribution in [0.4, 0.5) is 0 Å². The topological polar surface area (TPSA) is 49.3 Å². The fourth-order valence-corrected chi connectivity index (χ4v) is 1.79. The fraction of sp³-hybridized carbons (Fsp3) is 0.133. The first-order chi connectivity index (χ1) is 8.74. The van der Waals surface area contributed by atoms with Crippen LogP contribution in [0.5, 0.6) is 0 Å². The largest absolute Gasteiger partial charge is 0.392 e. The Morgan fingerprint density at radius 1 is 1.11 bits per heavy atom. The highest BCUT2D eigenvalue weighted by Crippen LogP contribution is 2.21. The average molecular weight is 241 g/mol. The molecule has 0 radical (unpaired) electrons. The van der Waals surface area contributed by atoms with Crippen molar-refractivity contribution >= 4 is 5.91 Å². The number of nitrogens with one attached hydrogen (secondary N) is 1. The third kappa shape index (κ3) is 2.57. The zero-order valence-electron chi connectivity index (χ0n) is 10.2. The van der Waals surface area contributed by atoms with E-state index in [-0.39, 0.29) is 12.5 Å². The van der Waals surface area contributed by atoms with E-state index in [1.807, 2.05) is 42.5 Å². The minimum absolute atomic E-state index is 0.0402. The van der Waals surface area contributed by atoms with Gasteiger partial charge in [0.25, 0.3) is 5.91 Å². The summed E-state index contributed by atoms with van der Waals surface area (Å²) in [5.74, 6) is -0.0937. The number of hydrogen-bond donors (Lipinski definition) is 2. The predicted octanol–water partition coefficient (Wildman–Crippen LogP) is 2.21. The van der Waals surface area contributed by atoms with E-state index >= 15 is 0 Å². The molecule has 0 aliphatic carbocycles. The molecule has 0 bridgehead atoms. The van der Waals surface area contributed by atoms with Crippen molar-refractivity contribution in [2.75, 3.05) is 7.05 Å². The molecule has 0 atom stereocenters. The van der Waals surface area contributed by atoms with Crippen LogP contribution in [0.3, 0.4) is 0 Å². The molecule has 2 rings (SSSR count). The molecule has 3 heteroatoms. The molecular weight excluding hydrogens is 226 g/mol. The first-order valence-corrected chi connectivity index (χ1v) is 5.77. The number of carbonyl (C=O) groups excluding carboxylic acids is 1. The van der Waals surface area contributed by atoms with Crippen molar-refractivity contribution in [3.63, 3.8) is 0 Å². The predicted molar refractivity (Wildman–Crippen MR) is 71.2 cm³/mol. The molecule has 2 aromatic carbocycles. The maximum absolute atomic E-state index is 11.6. The molecule has 2 aromatic rings. The van der Waals surface area contributed by atoms with Crippen LogP contribution in [-0.4, -0.2) is 18.1 Å². The van der Waals surface area contributed by atoms with Crippen LogP contribution >= 0.6 is 0 Å². The maximum atomic E-state index is 11.6. The van der Waals surface area contributed by atoms with Crippen LogP contribution in [0.2, 0.25) is 0 Å². The first-order valence-electron chi connectivity index (χ1n) is 5.77. The van der Waals surface area contributed by atoms with Crippen LogP contribution in [-0.2, 0) is 6.61 Å². The van der Waals surface area contributed by atoms with Crippen molar-refractivity contribution in [2.45, 2.75) is 6.61 Å². The summed E-state index contributed by atoms with van der Waals surface area (Å²) in [5, 5.41) is 11.6. The van der Waals surface area contributed by atoms with E-state index in [1.54, 1.807) is 13.1 Å². The lowest BCUT2D eigenvalue weighted by Crippen LogP contribution is -2.17. The van der Waals surface area contributed by atoms with E-state index < -0.39 is 0 Å². The summed E-state index contributed by atoms with van der Waals surface area (Å²) in [6.45, 7) is 0.0402. The van der Waals surface area contributed by atoms with Gasteiger partial charge in [-0.3, -0.25) is 4.79 Å². The summed E-state index contributed by atoms with van der Waals surface area (Å²) in [5.41, 5.74) is 3.53. The molecule has 0 spiro atoms. The molecule has 92 valence electrons. The zero-order valence-corrected chi connectivity index (χ0v) is 10.2. The Kier molecular flexibility index (Phi) is 3.75. The quantitative estimate of drug-likeness (QED) is 0.865. The lowest BCUT2D eigenvalue weighted by atomic mass is 10.0. The van der Waals surface area contributed by atoms with Gasteiger partial charge in [-0.05, 0) is 28.8 Å². The second-order valence-corrected chi connectivity index (χ2v) is 4.01. The number of carbonyl (C=O) groups is 1. The summed E-state index contributed by atoms with van der Waals surface area (Å²) in [4.78, 5) is 11.6. The molecule has 2 N–H and O–H groups in total. The van der Waals surface area contributed by atoms with E-state index in [0.29, 0.717) is 5.56 Å². The van der Waals surface area contributed by atoms with Gasteiger partial charge in [-0.25, -0.2) is 0 Å². The maximum Gasteiger partial charge on any atom is 0.251 e. The van der Waals surface area contributed by atoms with Gasteiger partial charge in [-0.1, -0.05) is 36.4 Å². The average Bonchev–Trinajstić information content (AvgIpc) is 2.46. The minimum atomic E-state index is -0.0937. The van der Waals surface area contributed by atoms with Crippen LogP contribution < -0.4 is 5.32 Å².